The molecule has 2 rings (SSSR count). The van der Waals surface area contributed by atoms with E-state index in [0.29, 0.717) is 12.2 Å². The van der Waals surface area contributed by atoms with Crippen molar-refractivity contribution < 1.29 is 4.79 Å². The average molecular weight is 257 g/mol. The lowest BCUT2D eigenvalue weighted by Gasteiger charge is -2.14. The molecule has 0 saturated heterocycles. The number of carbonyl (C=O) groups excluding carboxylic acids is 1. The number of aryl methyl sites for hydroxylation is 1. The molecule has 1 heterocycles. The summed E-state index contributed by atoms with van der Waals surface area (Å²) >= 11 is 0. The Hall–Kier alpha value is -1.94. The minimum absolute atomic E-state index is 0.0470. The van der Waals surface area contributed by atoms with Crippen molar-refractivity contribution in [3.63, 3.8) is 0 Å². The van der Waals surface area contributed by atoms with E-state index in [1.165, 1.54) is 5.56 Å². The van der Waals surface area contributed by atoms with Crippen LogP contribution in [0.1, 0.15) is 40.3 Å². The van der Waals surface area contributed by atoms with E-state index in [2.05, 4.69) is 42.5 Å². The third-order valence-electron chi connectivity index (χ3n) is 3.19. The average Bonchev–Trinajstić information content (AvgIpc) is 2.81. The molecule has 0 bridgehead atoms. The maximum atomic E-state index is 11.2. The molecule has 4 nitrogen and oxygen atoms in total. The first-order valence-electron chi connectivity index (χ1n) is 6.40. The van der Waals surface area contributed by atoms with Gasteiger partial charge in [0.25, 0.3) is 0 Å². The highest BCUT2D eigenvalue weighted by Crippen LogP contribution is 2.20. The summed E-state index contributed by atoms with van der Waals surface area (Å²) in [5.41, 5.74) is 3.85. The van der Waals surface area contributed by atoms with Crippen LogP contribution in [0.4, 0.5) is 0 Å². The van der Waals surface area contributed by atoms with Gasteiger partial charge in [-0.2, -0.15) is 5.10 Å². The lowest BCUT2D eigenvalue weighted by molar-refractivity contribution is 0.111. The van der Waals surface area contributed by atoms with Crippen molar-refractivity contribution in [2.24, 2.45) is 0 Å². The zero-order chi connectivity index (χ0) is 13.8. The van der Waals surface area contributed by atoms with E-state index >= 15 is 0 Å². The molecule has 1 aromatic heterocycles. The quantitative estimate of drug-likeness (QED) is 0.836. The number of aromatic nitrogens is 2. The summed E-state index contributed by atoms with van der Waals surface area (Å²) in [6, 6.07) is 10.2. The van der Waals surface area contributed by atoms with Crippen LogP contribution in [-0.4, -0.2) is 23.1 Å². The minimum atomic E-state index is 0.0470. The molecular formula is C15H19N3O. The van der Waals surface area contributed by atoms with Gasteiger partial charge in [0, 0.05) is 6.54 Å². The second kappa shape index (κ2) is 5.80. The molecule has 1 atom stereocenters. The number of hydrogen-bond donors (Lipinski definition) is 1. The third kappa shape index (κ3) is 2.90. The van der Waals surface area contributed by atoms with Crippen molar-refractivity contribution in [2.45, 2.75) is 26.4 Å². The van der Waals surface area contributed by atoms with Crippen LogP contribution in [0.5, 0.6) is 0 Å². The zero-order valence-corrected chi connectivity index (χ0v) is 11.6. The highest BCUT2D eigenvalue weighted by atomic mass is 16.1. The van der Waals surface area contributed by atoms with E-state index in [-0.39, 0.29) is 6.04 Å². The van der Waals surface area contributed by atoms with Gasteiger partial charge in [-0.05, 0) is 32.5 Å². The van der Waals surface area contributed by atoms with Crippen LogP contribution < -0.4 is 5.32 Å². The predicted molar refractivity (Wildman–Crippen MR) is 75.4 cm³/mol. The van der Waals surface area contributed by atoms with Crippen molar-refractivity contribution in [1.29, 1.82) is 0 Å². The van der Waals surface area contributed by atoms with Crippen LogP contribution in [0.25, 0.3) is 0 Å². The summed E-state index contributed by atoms with van der Waals surface area (Å²) in [6.07, 6.45) is 0.860. The molecular weight excluding hydrogens is 238 g/mol. The third-order valence-corrected chi connectivity index (χ3v) is 3.19. The fraction of sp³-hybridized carbons (Fsp3) is 0.333. The molecule has 0 aliphatic heterocycles. The van der Waals surface area contributed by atoms with Gasteiger partial charge in [0.15, 0.2) is 6.29 Å². The Morgan fingerprint density at radius 2 is 2.21 bits per heavy atom. The van der Waals surface area contributed by atoms with E-state index in [4.69, 9.17) is 0 Å². The first kappa shape index (κ1) is 13.5. The van der Waals surface area contributed by atoms with Crippen LogP contribution in [0.15, 0.2) is 30.3 Å². The largest absolute Gasteiger partial charge is 0.314 e. The molecule has 100 valence electrons. The second-order valence-corrected chi connectivity index (χ2v) is 4.74. The van der Waals surface area contributed by atoms with Gasteiger partial charge in [-0.25, -0.2) is 0 Å². The Balaban J connectivity index is 2.37. The molecule has 1 unspecified atom stereocenters. The highest BCUT2D eigenvalue weighted by Gasteiger charge is 2.14. The summed E-state index contributed by atoms with van der Waals surface area (Å²) in [4.78, 5) is 11.2. The number of benzene rings is 1. The predicted octanol–water partition coefficient (Wildman–Crippen LogP) is 2.33. The second-order valence-electron chi connectivity index (χ2n) is 4.74. The van der Waals surface area contributed by atoms with Crippen molar-refractivity contribution >= 4 is 6.29 Å². The fourth-order valence-electron chi connectivity index (χ4n) is 2.20. The first-order valence-corrected chi connectivity index (χ1v) is 6.40. The van der Waals surface area contributed by atoms with Crippen molar-refractivity contribution in [3.05, 3.63) is 52.8 Å². The van der Waals surface area contributed by atoms with Crippen LogP contribution in [0.2, 0.25) is 0 Å². The van der Waals surface area contributed by atoms with Gasteiger partial charge in [-0.15, -0.1) is 0 Å². The van der Waals surface area contributed by atoms with Crippen LogP contribution in [-0.2, 0) is 6.54 Å². The highest BCUT2D eigenvalue weighted by molar-refractivity contribution is 5.72. The Morgan fingerprint density at radius 3 is 2.84 bits per heavy atom. The molecule has 0 amide bonds. The lowest BCUT2D eigenvalue weighted by Crippen LogP contribution is -2.13. The number of aldehydes is 1. The Kier molecular flexibility index (Phi) is 4.12. The fourth-order valence-corrected chi connectivity index (χ4v) is 2.20. The molecule has 0 fully saturated rings. The van der Waals surface area contributed by atoms with Crippen molar-refractivity contribution in [2.75, 3.05) is 7.05 Å². The summed E-state index contributed by atoms with van der Waals surface area (Å²) in [5.74, 6) is 0. The van der Waals surface area contributed by atoms with Crippen LogP contribution in [0, 0.1) is 6.92 Å². The molecule has 0 spiro atoms. The molecule has 0 saturated carbocycles. The lowest BCUT2D eigenvalue weighted by atomic mass is 10.1. The maximum Gasteiger partial charge on any atom is 0.168 e. The SMILES string of the molecule is CNCc1cc(C=O)n(C(C)c2cccc(C)c2)n1. The summed E-state index contributed by atoms with van der Waals surface area (Å²) in [7, 11) is 1.86. The molecule has 0 radical (unpaired) electrons. The van der Waals surface area contributed by atoms with E-state index in [0.717, 1.165) is 17.5 Å². The zero-order valence-electron chi connectivity index (χ0n) is 11.6. The Bertz CT molecular complexity index is 575. The molecule has 1 aromatic carbocycles. The van der Waals surface area contributed by atoms with E-state index in [1.807, 2.05) is 19.2 Å². The monoisotopic (exact) mass is 257 g/mol. The number of hydrogen-bond acceptors (Lipinski definition) is 3. The smallest absolute Gasteiger partial charge is 0.168 e. The van der Waals surface area contributed by atoms with Gasteiger partial charge in [0.05, 0.1) is 11.7 Å². The Labute approximate surface area is 113 Å². The number of carbonyl (C=O) groups is 1. The first-order chi connectivity index (χ1) is 9.15. The van der Waals surface area contributed by atoms with Crippen LogP contribution >= 0.6 is 0 Å². The van der Waals surface area contributed by atoms with Gasteiger partial charge < -0.3 is 5.32 Å². The molecule has 1 N–H and O–H groups in total. The molecule has 0 aliphatic carbocycles. The molecule has 19 heavy (non-hydrogen) atoms. The van der Waals surface area contributed by atoms with E-state index in [9.17, 15) is 4.79 Å². The van der Waals surface area contributed by atoms with Gasteiger partial charge in [-0.3, -0.25) is 9.48 Å². The summed E-state index contributed by atoms with van der Waals surface area (Å²) in [5, 5.41) is 7.54. The van der Waals surface area contributed by atoms with E-state index < -0.39 is 0 Å². The Morgan fingerprint density at radius 1 is 1.42 bits per heavy atom. The standard InChI is InChI=1S/C15H19N3O/c1-11-5-4-6-13(7-11)12(2)18-15(10-19)8-14(17-18)9-16-3/h4-8,10,12,16H,9H2,1-3H3. The van der Waals surface area contributed by atoms with Gasteiger partial charge in [-0.1, -0.05) is 29.8 Å². The topological polar surface area (TPSA) is 46.9 Å². The number of rotatable bonds is 5. The maximum absolute atomic E-state index is 11.2. The molecule has 0 aliphatic rings. The number of nitrogens with one attached hydrogen (secondary N) is 1. The molecule has 2 aromatic rings. The van der Waals surface area contributed by atoms with Crippen LogP contribution in [0.3, 0.4) is 0 Å². The van der Waals surface area contributed by atoms with Gasteiger partial charge in [0.1, 0.15) is 5.69 Å². The van der Waals surface area contributed by atoms with Crippen molar-refractivity contribution in [1.82, 2.24) is 15.1 Å². The minimum Gasteiger partial charge on any atom is -0.314 e. The summed E-state index contributed by atoms with van der Waals surface area (Å²) in [6.45, 7) is 4.78. The number of nitrogens with zero attached hydrogens (tertiary/aromatic N) is 2. The molecule has 4 heteroatoms. The van der Waals surface area contributed by atoms with E-state index in [1.54, 1.807) is 4.68 Å². The van der Waals surface area contributed by atoms with Gasteiger partial charge in [0.2, 0.25) is 0 Å². The normalized spacial score (nSPS) is 12.4. The summed E-state index contributed by atoms with van der Waals surface area (Å²) < 4.78 is 1.79. The van der Waals surface area contributed by atoms with Crippen molar-refractivity contribution in [3.8, 4) is 0 Å². The van der Waals surface area contributed by atoms with Gasteiger partial charge >= 0.3 is 0 Å².